The molecule has 16 nitrogen and oxygen atoms in total. The largest absolute Gasteiger partial charge is 0.465 e. The predicted octanol–water partition coefficient (Wildman–Crippen LogP) is 8.00. The number of aromatic nitrogens is 6. The summed E-state index contributed by atoms with van der Waals surface area (Å²) in [6.45, 7) is 9.27. The number of hydrogen-bond acceptors (Lipinski definition) is 14. The van der Waals surface area contributed by atoms with Crippen molar-refractivity contribution >= 4 is 85.0 Å². The summed E-state index contributed by atoms with van der Waals surface area (Å²) in [4.78, 5) is 65.8. The standard InChI is InChI=1S/C27H29FN6O3S.C23H23FN6OS/c1-4-21-26(31(3)27-30-22(17-38-27)18-6-8-19(28)9-7-18)34-14-20(10-11-23(34)29-21)33-13-12-32(15-24(33)35)16-25(36)37-5-2;1-3-18-22(28(2)23-27-19(14-32-23)15-4-6-16(24)7-5-15)30-13-17(8-9-20(30)26-18)29-11-10-25-12-21(29)31/h6-11,14,17H,4-5,12-13,15-16H2,1-3H3;4-9,13-14,25H,3,10-12H2,1-2H3. The number of carbonyl (C=O) groups is 3. The maximum absolute atomic E-state index is 13.4. The summed E-state index contributed by atoms with van der Waals surface area (Å²) in [5.74, 6) is 0.912. The number of ether oxygens (including phenoxy) is 1. The molecule has 0 atom stereocenters. The number of nitrogens with zero attached hydrogens (tertiary/aromatic N) is 11. The number of nitrogens with one attached hydrogen (secondary N) is 1. The molecule has 2 amide bonds. The van der Waals surface area contributed by atoms with Crippen LogP contribution in [0.4, 0.5) is 42.1 Å². The van der Waals surface area contributed by atoms with Crippen molar-refractivity contribution in [1.82, 2.24) is 39.0 Å². The number of carbonyl (C=O) groups excluding carboxylic acids is 3. The van der Waals surface area contributed by atoms with Crippen molar-refractivity contribution in [1.29, 1.82) is 0 Å². The maximum atomic E-state index is 13.4. The molecule has 0 aliphatic carbocycles. The van der Waals surface area contributed by atoms with E-state index >= 15 is 0 Å². The SMILES string of the molecule is CCOC(=O)CN1CCN(c2ccc3nc(CC)c(N(C)c4nc(-c5ccc(F)cc5)cs4)n3c2)C(=O)C1.CCc1nc2ccc(N3CCNCC3=O)cn2c1N(C)c1nc(-c2ccc(F)cc2)cs1. The normalized spacial score (nSPS) is 14.3. The Kier molecular flexibility index (Phi) is 14.3. The highest BCUT2D eigenvalue weighted by Gasteiger charge is 2.29. The summed E-state index contributed by atoms with van der Waals surface area (Å²) in [6.07, 6.45) is 5.39. The van der Waals surface area contributed by atoms with Gasteiger partial charge in [0, 0.05) is 74.6 Å². The lowest BCUT2D eigenvalue weighted by atomic mass is 10.2. The van der Waals surface area contributed by atoms with E-state index < -0.39 is 0 Å². The number of anilines is 6. The van der Waals surface area contributed by atoms with Gasteiger partial charge in [-0.1, -0.05) is 13.8 Å². The first-order valence-electron chi connectivity index (χ1n) is 23.0. The fourth-order valence-corrected chi connectivity index (χ4v) is 10.2. The summed E-state index contributed by atoms with van der Waals surface area (Å²) in [7, 11) is 3.92. The quantitative estimate of drug-likeness (QED) is 0.112. The van der Waals surface area contributed by atoms with Crippen molar-refractivity contribution in [3.8, 4) is 22.5 Å². The molecule has 1 N–H and O–H groups in total. The van der Waals surface area contributed by atoms with E-state index in [1.165, 1.54) is 46.9 Å². The zero-order chi connectivity index (χ0) is 49.1. The second kappa shape index (κ2) is 20.8. The predicted molar refractivity (Wildman–Crippen MR) is 271 cm³/mol. The number of esters is 1. The molecule has 2 fully saturated rings. The maximum Gasteiger partial charge on any atom is 0.320 e. The van der Waals surface area contributed by atoms with Crippen LogP contribution >= 0.6 is 22.7 Å². The zero-order valence-corrected chi connectivity index (χ0v) is 41.1. The lowest BCUT2D eigenvalue weighted by molar-refractivity contribution is -0.144. The Morgan fingerprint density at radius 2 is 1.17 bits per heavy atom. The van der Waals surface area contributed by atoms with Crippen LogP contribution in [0, 0.1) is 11.6 Å². The fourth-order valence-electron chi connectivity index (χ4n) is 8.57. The van der Waals surface area contributed by atoms with E-state index in [0.717, 1.165) is 97.9 Å². The van der Waals surface area contributed by atoms with E-state index in [1.807, 2.05) is 85.0 Å². The van der Waals surface area contributed by atoms with Crippen molar-refractivity contribution in [3.63, 3.8) is 0 Å². The van der Waals surface area contributed by atoms with Gasteiger partial charge in [0.15, 0.2) is 10.3 Å². The van der Waals surface area contributed by atoms with Crippen molar-refractivity contribution < 1.29 is 27.9 Å². The third-order valence-electron chi connectivity index (χ3n) is 12.1. The van der Waals surface area contributed by atoms with E-state index in [2.05, 4.69) is 19.2 Å². The molecule has 2 saturated heterocycles. The van der Waals surface area contributed by atoms with Crippen molar-refractivity contribution in [2.24, 2.45) is 0 Å². The zero-order valence-electron chi connectivity index (χ0n) is 39.4. The summed E-state index contributed by atoms with van der Waals surface area (Å²) >= 11 is 3.02. The number of imidazole rings is 2. The molecule has 362 valence electrons. The molecule has 8 aromatic rings. The first kappa shape index (κ1) is 47.9. The van der Waals surface area contributed by atoms with Crippen LogP contribution < -0.4 is 24.9 Å². The molecule has 0 saturated carbocycles. The molecule has 2 aromatic carbocycles. The van der Waals surface area contributed by atoms with E-state index in [9.17, 15) is 23.2 Å². The second-order valence-electron chi connectivity index (χ2n) is 16.6. The van der Waals surface area contributed by atoms with Gasteiger partial charge in [-0.15, -0.1) is 22.7 Å². The number of piperazine rings is 2. The second-order valence-corrected chi connectivity index (χ2v) is 18.3. The molecular weight excluding hydrogens is 935 g/mol. The van der Waals surface area contributed by atoms with Crippen LogP contribution in [0.2, 0.25) is 0 Å². The van der Waals surface area contributed by atoms with E-state index in [0.29, 0.717) is 32.8 Å². The van der Waals surface area contributed by atoms with Crippen molar-refractivity contribution in [3.05, 3.63) is 119 Å². The van der Waals surface area contributed by atoms with Gasteiger partial charge in [-0.2, -0.15) is 0 Å². The number of aryl methyl sites for hydroxylation is 2. The van der Waals surface area contributed by atoms with E-state index in [-0.39, 0.29) is 42.5 Å². The van der Waals surface area contributed by atoms with Gasteiger partial charge < -0.3 is 29.7 Å². The molecule has 8 heterocycles. The first-order chi connectivity index (χ1) is 33.9. The van der Waals surface area contributed by atoms with E-state index in [4.69, 9.17) is 24.7 Å². The van der Waals surface area contributed by atoms with Crippen LogP contribution in [0.3, 0.4) is 0 Å². The number of pyridine rings is 2. The Morgan fingerprint density at radius 3 is 1.63 bits per heavy atom. The molecule has 0 bridgehead atoms. The Labute approximate surface area is 411 Å². The van der Waals surface area contributed by atoms with Crippen LogP contribution in [-0.4, -0.2) is 118 Å². The third kappa shape index (κ3) is 9.98. The lowest BCUT2D eigenvalue weighted by Crippen LogP contribution is -2.51. The number of fused-ring (bicyclic) bond motifs is 2. The third-order valence-corrected chi connectivity index (χ3v) is 13.9. The highest BCUT2D eigenvalue weighted by Crippen LogP contribution is 2.36. The fraction of sp³-hybridized carbons (Fsp3) is 0.300. The van der Waals surface area contributed by atoms with Gasteiger partial charge in [0.05, 0.1) is 60.4 Å². The Bertz CT molecular complexity index is 3170. The molecule has 70 heavy (non-hydrogen) atoms. The number of benzene rings is 2. The minimum Gasteiger partial charge on any atom is -0.465 e. The number of thiazole rings is 2. The molecule has 20 heteroatoms. The van der Waals surface area contributed by atoms with Gasteiger partial charge in [-0.05, 0) is 92.6 Å². The monoisotopic (exact) mass is 986 g/mol. The number of amides is 2. The van der Waals surface area contributed by atoms with Crippen LogP contribution in [-0.2, 0) is 32.0 Å². The smallest absolute Gasteiger partial charge is 0.320 e. The number of hydrogen-bond donors (Lipinski definition) is 1. The molecule has 2 aliphatic rings. The molecule has 6 aromatic heterocycles. The van der Waals surface area contributed by atoms with Gasteiger partial charge in [-0.3, -0.25) is 28.1 Å². The first-order valence-corrected chi connectivity index (χ1v) is 24.8. The van der Waals surface area contributed by atoms with Crippen molar-refractivity contribution in [2.75, 3.05) is 86.1 Å². The molecule has 10 rings (SSSR count). The Morgan fingerprint density at radius 1 is 0.671 bits per heavy atom. The topological polar surface area (TPSA) is 149 Å². The minimum atomic E-state index is -0.321. The molecular formula is C50H52F2N12O4S2. The van der Waals surface area contributed by atoms with Crippen LogP contribution in [0.1, 0.15) is 32.2 Å². The van der Waals surface area contributed by atoms with Crippen LogP contribution in [0.25, 0.3) is 33.8 Å². The lowest BCUT2D eigenvalue weighted by Gasteiger charge is -2.33. The minimum absolute atomic E-state index is 0.0604. The Balaban J connectivity index is 0.000000176. The van der Waals surface area contributed by atoms with Gasteiger partial charge in [0.1, 0.15) is 34.6 Å². The molecule has 0 spiro atoms. The molecule has 2 aliphatic heterocycles. The van der Waals surface area contributed by atoms with Crippen LogP contribution in [0.15, 0.2) is 96.0 Å². The van der Waals surface area contributed by atoms with Crippen LogP contribution in [0.5, 0.6) is 0 Å². The summed E-state index contributed by atoms with van der Waals surface area (Å²) in [5.41, 5.74) is 8.37. The van der Waals surface area contributed by atoms with Crippen molar-refractivity contribution in [2.45, 2.75) is 33.6 Å². The summed E-state index contributed by atoms with van der Waals surface area (Å²) < 4.78 is 35.7. The van der Waals surface area contributed by atoms with Gasteiger partial charge in [0.2, 0.25) is 11.8 Å². The molecule has 0 unspecified atom stereocenters. The Hall–Kier alpha value is -7.13. The number of halogens is 2. The highest BCUT2D eigenvalue weighted by atomic mass is 32.1. The summed E-state index contributed by atoms with van der Waals surface area (Å²) in [5, 5.41) is 8.61. The van der Waals surface area contributed by atoms with Gasteiger partial charge in [0.25, 0.3) is 0 Å². The van der Waals surface area contributed by atoms with Gasteiger partial charge >= 0.3 is 5.97 Å². The average Bonchev–Trinajstić information content (AvgIpc) is 4.20. The van der Waals surface area contributed by atoms with Gasteiger partial charge in [-0.25, -0.2) is 28.7 Å². The van der Waals surface area contributed by atoms with E-state index in [1.54, 1.807) is 41.0 Å². The summed E-state index contributed by atoms with van der Waals surface area (Å²) in [6, 6.07) is 20.4. The highest BCUT2D eigenvalue weighted by molar-refractivity contribution is 7.14. The number of rotatable bonds is 13. The molecule has 0 radical (unpaired) electrons. The average molecular weight is 987 g/mol.